The highest BCUT2D eigenvalue weighted by molar-refractivity contribution is 5.65. The van der Waals surface area contributed by atoms with E-state index < -0.39 is 0 Å². The quantitative estimate of drug-likeness (QED) is 0.659. The Balaban J connectivity index is 2.04. The maximum atomic E-state index is 11.0. The lowest BCUT2D eigenvalue weighted by atomic mass is 10.1. The standard InChI is InChI=1S/C13H18N2O3/c1-10-5-4-7-12(13(10)15(16)17)14-9-11-6-2-3-8-18-11/h4-5,7,11,14H,2-3,6,8-9H2,1H3. The second-order valence-corrected chi connectivity index (χ2v) is 4.60. The minimum Gasteiger partial charge on any atom is -0.377 e. The number of benzene rings is 1. The molecule has 18 heavy (non-hydrogen) atoms. The van der Waals surface area contributed by atoms with Gasteiger partial charge in [0.25, 0.3) is 5.69 Å². The molecular weight excluding hydrogens is 232 g/mol. The number of nitrogens with one attached hydrogen (secondary N) is 1. The van der Waals surface area contributed by atoms with Gasteiger partial charge in [-0.1, -0.05) is 12.1 Å². The molecule has 1 aliphatic heterocycles. The highest BCUT2D eigenvalue weighted by Crippen LogP contribution is 2.28. The highest BCUT2D eigenvalue weighted by atomic mass is 16.6. The Morgan fingerprint density at radius 3 is 3.00 bits per heavy atom. The Bertz CT molecular complexity index is 428. The van der Waals surface area contributed by atoms with Gasteiger partial charge in [0.1, 0.15) is 5.69 Å². The SMILES string of the molecule is Cc1cccc(NCC2CCCCO2)c1[N+](=O)[O-]. The Labute approximate surface area is 106 Å². The van der Waals surface area contributed by atoms with E-state index in [0.29, 0.717) is 17.8 Å². The first kappa shape index (κ1) is 12.8. The molecule has 0 aromatic heterocycles. The zero-order chi connectivity index (χ0) is 13.0. The van der Waals surface area contributed by atoms with Crippen molar-refractivity contribution >= 4 is 11.4 Å². The van der Waals surface area contributed by atoms with Gasteiger partial charge in [-0.2, -0.15) is 0 Å². The third kappa shape index (κ3) is 2.98. The zero-order valence-corrected chi connectivity index (χ0v) is 10.5. The molecule has 98 valence electrons. The van der Waals surface area contributed by atoms with E-state index in [1.54, 1.807) is 19.1 Å². The van der Waals surface area contributed by atoms with Crippen LogP contribution in [-0.4, -0.2) is 24.2 Å². The molecule has 1 aromatic rings. The Hall–Kier alpha value is -1.62. The first-order chi connectivity index (χ1) is 8.68. The van der Waals surface area contributed by atoms with Crippen LogP contribution in [0.4, 0.5) is 11.4 Å². The highest BCUT2D eigenvalue weighted by Gasteiger charge is 2.19. The van der Waals surface area contributed by atoms with Crippen molar-refractivity contribution in [2.24, 2.45) is 0 Å². The molecule has 1 N–H and O–H groups in total. The zero-order valence-electron chi connectivity index (χ0n) is 10.5. The Morgan fingerprint density at radius 2 is 2.33 bits per heavy atom. The molecule has 5 heteroatoms. The minimum atomic E-state index is -0.334. The van der Waals surface area contributed by atoms with Crippen LogP contribution in [0.1, 0.15) is 24.8 Å². The number of hydrogen-bond acceptors (Lipinski definition) is 4. The van der Waals surface area contributed by atoms with Gasteiger partial charge in [0.2, 0.25) is 0 Å². The van der Waals surface area contributed by atoms with Crippen molar-refractivity contribution in [2.45, 2.75) is 32.3 Å². The van der Waals surface area contributed by atoms with E-state index >= 15 is 0 Å². The van der Waals surface area contributed by atoms with Crippen LogP contribution in [0, 0.1) is 17.0 Å². The lowest BCUT2D eigenvalue weighted by Crippen LogP contribution is -2.27. The molecular formula is C13H18N2O3. The average Bonchev–Trinajstić information content (AvgIpc) is 2.37. The van der Waals surface area contributed by atoms with Gasteiger partial charge in [0.15, 0.2) is 0 Å². The number of nitro groups is 1. The summed E-state index contributed by atoms with van der Waals surface area (Å²) in [4.78, 5) is 10.7. The van der Waals surface area contributed by atoms with Crippen LogP contribution in [0.2, 0.25) is 0 Å². The molecule has 1 aromatic carbocycles. The molecule has 1 saturated heterocycles. The smallest absolute Gasteiger partial charge is 0.295 e. The minimum absolute atomic E-state index is 0.160. The van der Waals surface area contributed by atoms with Crippen LogP contribution < -0.4 is 5.32 Å². The number of aryl methyl sites for hydroxylation is 1. The van der Waals surface area contributed by atoms with Gasteiger partial charge in [0, 0.05) is 18.7 Å². The molecule has 1 fully saturated rings. The van der Waals surface area contributed by atoms with E-state index in [0.717, 1.165) is 19.4 Å². The van der Waals surface area contributed by atoms with Crippen molar-refractivity contribution in [3.63, 3.8) is 0 Å². The van der Waals surface area contributed by atoms with Gasteiger partial charge in [-0.25, -0.2) is 0 Å². The van der Waals surface area contributed by atoms with Crippen LogP contribution in [0.15, 0.2) is 18.2 Å². The molecule has 1 atom stereocenters. The average molecular weight is 250 g/mol. The Kier molecular flexibility index (Phi) is 4.15. The van der Waals surface area contributed by atoms with Crippen LogP contribution >= 0.6 is 0 Å². The van der Waals surface area contributed by atoms with Crippen molar-refractivity contribution in [3.05, 3.63) is 33.9 Å². The molecule has 0 amide bonds. The topological polar surface area (TPSA) is 64.4 Å². The summed E-state index contributed by atoms with van der Waals surface area (Å²) in [6.07, 6.45) is 3.47. The van der Waals surface area contributed by atoms with Crippen molar-refractivity contribution in [1.82, 2.24) is 0 Å². The summed E-state index contributed by atoms with van der Waals surface area (Å²) < 4.78 is 5.60. The van der Waals surface area contributed by atoms with Crippen molar-refractivity contribution < 1.29 is 9.66 Å². The Morgan fingerprint density at radius 1 is 1.50 bits per heavy atom. The molecule has 0 spiro atoms. The van der Waals surface area contributed by atoms with Gasteiger partial charge in [-0.3, -0.25) is 10.1 Å². The first-order valence-electron chi connectivity index (χ1n) is 6.28. The van der Waals surface area contributed by atoms with Crippen molar-refractivity contribution in [3.8, 4) is 0 Å². The summed E-state index contributed by atoms with van der Waals surface area (Å²) in [6.45, 7) is 3.17. The van der Waals surface area contributed by atoms with Crippen molar-refractivity contribution in [1.29, 1.82) is 0 Å². The summed E-state index contributed by atoms with van der Waals surface area (Å²) in [6, 6.07) is 5.32. The van der Waals surface area contributed by atoms with Crippen LogP contribution in [-0.2, 0) is 4.74 Å². The predicted octanol–water partition coefficient (Wildman–Crippen LogP) is 2.88. The van der Waals surface area contributed by atoms with Crippen LogP contribution in [0.3, 0.4) is 0 Å². The maximum absolute atomic E-state index is 11.0. The normalized spacial score (nSPS) is 19.5. The molecule has 1 unspecified atom stereocenters. The lowest BCUT2D eigenvalue weighted by molar-refractivity contribution is -0.384. The maximum Gasteiger partial charge on any atom is 0.295 e. The molecule has 2 rings (SSSR count). The number of nitrogens with zero attached hydrogens (tertiary/aromatic N) is 1. The number of rotatable bonds is 4. The lowest BCUT2D eigenvalue weighted by Gasteiger charge is -2.23. The summed E-state index contributed by atoms with van der Waals surface area (Å²) in [5, 5.41) is 14.2. The first-order valence-corrected chi connectivity index (χ1v) is 6.28. The van der Waals surface area contributed by atoms with Gasteiger partial charge in [-0.05, 0) is 32.3 Å². The molecule has 5 nitrogen and oxygen atoms in total. The molecule has 0 aliphatic carbocycles. The third-order valence-electron chi connectivity index (χ3n) is 3.21. The number of ether oxygens (including phenoxy) is 1. The second-order valence-electron chi connectivity index (χ2n) is 4.60. The van der Waals surface area contributed by atoms with Crippen LogP contribution in [0.5, 0.6) is 0 Å². The van der Waals surface area contributed by atoms with E-state index in [2.05, 4.69) is 5.32 Å². The summed E-state index contributed by atoms with van der Waals surface area (Å²) in [7, 11) is 0. The predicted molar refractivity (Wildman–Crippen MR) is 69.9 cm³/mol. The van der Waals surface area contributed by atoms with E-state index in [9.17, 15) is 10.1 Å². The second kappa shape index (κ2) is 5.82. The van der Waals surface area contributed by atoms with Gasteiger partial charge < -0.3 is 10.1 Å². The van der Waals surface area contributed by atoms with E-state index in [4.69, 9.17) is 4.74 Å². The third-order valence-corrected chi connectivity index (χ3v) is 3.21. The molecule has 0 radical (unpaired) electrons. The molecule has 1 aliphatic rings. The number of anilines is 1. The fraction of sp³-hybridized carbons (Fsp3) is 0.538. The monoisotopic (exact) mass is 250 g/mol. The van der Waals surface area contributed by atoms with E-state index in [1.807, 2.05) is 6.07 Å². The van der Waals surface area contributed by atoms with Gasteiger partial charge in [-0.15, -0.1) is 0 Å². The van der Waals surface area contributed by atoms with E-state index in [-0.39, 0.29) is 16.7 Å². The van der Waals surface area contributed by atoms with Gasteiger partial charge >= 0.3 is 0 Å². The molecule has 0 bridgehead atoms. The van der Waals surface area contributed by atoms with Crippen molar-refractivity contribution in [2.75, 3.05) is 18.5 Å². The fourth-order valence-electron chi connectivity index (χ4n) is 2.24. The summed E-state index contributed by atoms with van der Waals surface area (Å²) >= 11 is 0. The number of nitro benzene ring substituents is 1. The number of para-hydroxylation sites is 1. The molecule has 0 saturated carbocycles. The van der Waals surface area contributed by atoms with Gasteiger partial charge in [0.05, 0.1) is 11.0 Å². The molecule has 1 heterocycles. The van der Waals surface area contributed by atoms with Crippen LogP contribution in [0.25, 0.3) is 0 Å². The summed E-state index contributed by atoms with van der Waals surface area (Å²) in [5.41, 5.74) is 1.41. The number of hydrogen-bond donors (Lipinski definition) is 1. The largest absolute Gasteiger partial charge is 0.377 e. The van der Waals surface area contributed by atoms with E-state index in [1.165, 1.54) is 6.42 Å². The fourth-order valence-corrected chi connectivity index (χ4v) is 2.24. The summed E-state index contributed by atoms with van der Waals surface area (Å²) in [5.74, 6) is 0.